The summed E-state index contributed by atoms with van der Waals surface area (Å²) in [5.74, 6) is 0.743. The molecule has 1 aromatic rings. The average Bonchev–Trinajstić information content (AvgIpc) is 2.46. The van der Waals surface area contributed by atoms with Gasteiger partial charge in [0.2, 0.25) is 0 Å². The number of carbonyl (C=O) groups is 1. The summed E-state index contributed by atoms with van der Waals surface area (Å²) in [7, 11) is 0. The van der Waals surface area contributed by atoms with Crippen LogP contribution >= 0.6 is 0 Å². The fraction of sp³-hybridized carbons (Fsp3) is 0.562. The lowest BCUT2D eigenvalue weighted by Gasteiger charge is -2.37. The molecule has 0 aromatic heterocycles. The van der Waals surface area contributed by atoms with Crippen molar-refractivity contribution in [2.24, 2.45) is 5.92 Å². The smallest absolute Gasteiger partial charge is 0.324 e. The maximum Gasteiger partial charge on any atom is 0.324 e. The third-order valence-electron chi connectivity index (χ3n) is 4.51. The van der Waals surface area contributed by atoms with E-state index in [-0.39, 0.29) is 6.03 Å². The predicted molar refractivity (Wildman–Crippen MR) is 81.9 cm³/mol. The van der Waals surface area contributed by atoms with E-state index >= 15 is 0 Å². The highest BCUT2D eigenvalue weighted by Gasteiger charge is 2.28. The molecule has 0 aliphatic carbocycles. The minimum absolute atomic E-state index is 0.169. The average molecular weight is 273 g/mol. The second kappa shape index (κ2) is 5.35. The van der Waals surface area contributed by atoms with Gasteiger partial charge in [-0.25, -0.2) is 4.79 Å². The van der Waals surface area contributed by atoms with Crippen molar-refractivity contribution in [2.45, 2.75) is 32.6 Å². The van der Waals surface area contributed by atoms with E-state index in [0.29, 0.717) is 0 Å². The Morgan fingerprint density at radius 1 is 1.25 bits per heavy atom. The zero-order valence-electron chi connectivity index (χ0n) is 12.1. The number of anilines is 2. The highest BCUT2D eigenvalue weighted by molar-refractivity contribution is 5.93. The number of likely N-dealkylation sites (tertiary alicyclic amines) is 1. The van der Waals surface area contributed by atoms with Crippen LogP contribution in [0.1, 0.15) is 31.7 Å². The topological polar surface area (TPSA) is 49.6 Å². The van der Waals surface area contributed by atoms with Crippen LogP contribution in [0.15, 0.2) is 18.2 Å². The van der Waals surface area contributed by atoms with Gasteiger partial charge in [0.05, 0.1) is 0 Å². The molecule has 108 valence electrons. The van der Waals surface area contributed by atoms with Crippen LogP contribution in [0.3, 0.4) is 0 Å². The van der Waals surface area contributed by atoms with Crippen LogP contribution in [0.4, 0.5) is 16.2 Å². The van der Waals surface area contributed by atoms with Crippen molar-refractivity contribution in [3.8, 4) is 0 Å². The van der Waals surface area contributed by atoms with Crippen molar-refractivity contribution in [2.75, 3.05) is 30.3 Å². The van der Waals surface area contributed by atoms with Crippen LogP contribution in [0, 0.1) is 5.92 Å². The molecule has 0 radical (unpaired) electrons. The molecule has 4 heteroatoms. The highest BCUT2D eigenvalue weighted by Crippen LogP contribution is 2.30. The number of fused-ring (bicyclic) bond motifs is 1. The van der Waals surface area contributed by atoms with Crippen LogP contribution in [0.25, 0.3) is 0 Å². The summed E-state index contributed by atoms with van der Waals surface area (Å²) < 4.78 is 0. The first-order valence-electron chi connectivity index (χ1n) is 7.60. The Morgan fingerprint density at radius 2 is 2.00 bits per heavy atom. The van der Waals surface area contributed by atoms with Gasteiger partial charge in [0, 0.05) is 31.0 Å². The molecule has 2 N–H and O–H groups in total. The molecular weight excluding hydrogens is 250 g/mol. The molecule has 1 fully saturated rings. The Kier molecular flexibility index (Phi) is 3.55. The Bertz CT molecular complexity index is 506. The largest absolute Gasteiger partial charge is 0.399 e. The highest BCUT2D eigenvalue weighted by atomic mass is 16.2. The Balaban J connectivity index is 1.80. The van der Waals surface area contributed by atoms with Gasteiger partial charge >= 0.3 is 6.03 Å². The number of hydrogen-bond acceptors (Lipinski definition) is 2. The molecule has 1 aromatic carbocycles. The van der Waals surface area contributed by atoms with Crippen molar-refractivity contribution in [3.63, 3.8) is 0 Å². The zero-order valence-corrected chi connectivity index (χ0v) is 12.1. The van der Waals surface area contributed by atoms with Gasteiger partial charge in [-0.3, -0.25) is 4.90 Å². The zero-order chi connectivity index (χ0) is 14.1. The van der Waals surface area contributed by atoms with Gasteiger partial charge in [-0.05, 0) is 55.4 Å². The number of amides is 2. The first-order valence-corrected chi connectivity index (χ1v) is 7.60. The number of carbonyl (C=O) groups excluding carboxylic acids is 1. The number of piperidine rings is 1. The number of benzene rings is 1. The van der Waals surface area contributed by atoms with Crippen LogP contribution in [-0.2, 0) is 6.42 Å². The van der Waals surface area contributed by atoms with Gasteiger partial charge in [-0.2, -0.15) is 0 Å². The molecule has 2 heterocycles. The van der Waals surface area contributed by atoms with Crippen molar-refractivity contribution >= 4 is 17.4 Å². The van der Waals surface area contributed by atoms with Crippen LogP contribution in [-0.4, -0.2) is 30.6 Å². The molecule has 0 atom stereocenters. The molecule has 1 saturated heterocycles. The van der Waals surface area contributed by atoms with Gasteiger partial charge in [0.15, 0.2) is 0 Å². The minimum atomic E-state index is 0.169. The van der Waals surface area contributed by atoms with Crippen molar-refractivity contribution in [1.29, 1.82) is 0 Å². The third-order valence-corrected chi connectivity index (χ3v) is 4.51. The third kappa shape index (κ3) is 2.47. The molecule has 20 heavy (non-hydrogen) atoms. The summed E-state index contributed by atoms with van der Waals surface area (Å²) in [4.78, 5) is 16.7. The maximum atomic E-state index is 12.7. The van der Waals surface area contributed by atoms with Gasteiger partial charge in [0.1, 0.15) is 0 Å². The molecule has 2 aliphatic heterocycles. The van der Waals surface area contributed by atoms with E-state index in [4.69, 9.17) is 5.73 Å². The second-order valence-corrected chi connectivity index (χ2v) is 6.10. The Labute approximate surface area is 120 Å². The van der Waals surface area contributed by atoms with E-state index in [1.807, 2.05) is 28.0 Å². The van der Waals surface area contributed by atoms with Crippen LogP contribution < -0.4 is 10.6 Å². The van der Waals surface area contributed by atoms with E-state index in [1.165, 1.54) is 5.56 Å². The number of hydrogen-bond donors (Lipinski definition) is 1. The summed E-state index contributed by atoms with van der Waals surface area (Å²) in [6.07, 6.45) is 4.27. The number of rotatable bonds is 0. The van der Waals surface area contributed by atoms with Crippen molar-refractivity contribution in [3.05, 3.63) is 23.8 Å². The predicted octanol–water partition coefficient (Wildman–Crippen LogP) is 2.87. The number of nitrogens with two attached hydrogens (primary N) is 1. The number of nitrogens with zero attached hydrogens (tertiary/aromatic N) is 2. The van der Waals surface area contributed by atoms with E-state index in [1.54, 1.807) is 0 Å². The number of aryl methyl sites for hydroxylation is 1. The molecule has 4 nitrogen and oxygen atoms in total. The summed E-state index contributed by atoms with van der Waals surface area (Å²) in [6.45, 7) is 4.87. The lowest BCUT2D eigenvalue weighted by Crippen LogP contribution is -2.48. The lowest BCUT2D eigenvalue weighted by molar-refractivity contribution is 0.179. The van der Waals surface area contributed by atoms with Gasteiger partial charge < -0.3 is 10.6 Å². The van der Waals surface area contributed by atoms with E-state index in [9.17, 15) is 4.79 Å². The first-order chi connectivity index (χ1) is 9.65. The molecule has 2 amide bonds. The number of nitrogen functional groups attached to an aromatic ring is 1. The summed E-state index contributed by atoms with van der Waals surface area (Å²) in [5, 5.41) is 0. The SMILES string of the molecule is CC1CCN(C(=O)N2CCCc3cc(N)ccc32)CC1. The molecule has 0 saturated carbocycles. The molecule has 0 bridgehead atoms. The fourth-order valence-corrected chi connectivity index (χ4v) is 3.19. The van der Waals surface area contributed by atoms with E-state index in [2.05, 4.69) is 6.92 Å². The monoisotopic (exact) mass is 273 g/mol. The van der Waals surface area contributed by atoms with Crippen LogP contribution in [0.2, 0.25) is 0 Å². The van der Waals surface area contributed by atoms with Gasteiger partial charge in [0.25, 0.3) is 0 Å². The van der Waals surface area contributed by atoms with E-state index < -0.39 is 0 Å². The fourth-order valence-electron chi connectivity index (χ4n) is 3.19. The quantitative estimate of drug-likeness (QED) is 0.739. The molecule has 0 unspecified atom stereocenters. The Morgan fingerprint density at radius 3 is 2.75 bits per heavy atom. The molecular formula is C16H23N3O. The van der Waals surface area contributed by atoms with Crippen LogP contribution in [0.5, 0.6) is 0 Å². The van der Waals surface area contributed by atoms with Crippen molar-refractivity contribution in [1.82, 2.24) is 4.90 Å². The summed E-state index contributed by atoms with van der Waals surface area (Å²) in [6, 6.07) is 6.06. The van der Waals surface area contributed by atoms with E-state index in [0.717, 1.165) is 62.6 Å². The molecule has 0 spiro atoms. The standard InChI is InChI=1S/C16H23N3O/c1-12-6-9-18(10-7-12)16(20)19-8-2-3-13-11-14(17)4-5-15(13)19/h4-5,11-12H,2-3,6-10,17H2,1H3. The summed E-state index contributed by atoms with van der Waals surface area (Å²) in [5.41, 5.74) is 8.88. The first kappa shape index (κ1) is 13.3. The Hall–Kier alpha value is -1.71. The molecule has 3 rings (SSSR count). The van der Waals surface area contributed by atoms with Crippen molar-refractivity contribution < 1.29 is 4.79 Å². The normalized spacial score (nSPS) is 19.9. The minimum Gasteiger partial charge on any atom is -0.399 e. The van der Waals surface area contributed by atoms with Gasteiger partial charge in [-0.15, -0.1) is 0 Å². The maximum absolute atomic E-state index is 12.7. The van der Waals surface area contributed by atoms with Gasteiger partial charge in [-0.1, -0.05) is 6.92 Å². The lowest BCUT2D eigenvalue weighted by atomic mass is 9.99. The number of urea groups is 1. The summed E-state index contributed by atoms with van der Waals surface area (Å²) >= 11 is 0. The second-order valence-electron chi connectivity index (χ2n) is 6.10. The molecule has 2 aliphatic rings.